The maximum absolute atomic E-state index is 8.99. The third-order valence-corrected chi connectivity index (χ3v) is 2.63. The Morgan fingerprint density at radius 2 is 2.08 bits per heavy atom. The van der Waals surface area contributed by atoms with Crippen LogP contribution in [-0.4, -0.2) is 36.3 Å². The zero-order valence-corrected chi connectivity index (χ0v) is 9.16. The summed E-state index contributed by atoms with van der Waals surface area (Å²) in [7, 11) is 0. The number of aliphatic hydroxyl groups is 1. The Morgan fingerprint density at radius 3 is 2.50 bits per heavy atom. The molecule has 1 atom stereocenters. The summed E-state index contributed by atoms with van der Waals surface area (Å²) in [5.41, 5.74) is 0. The van der Waals surface area contributed by atoms with E-state index in [2.05, 4.69) is 25.4 Å². The van der Waals surface area contributed by atoms with Gasteiger partial charge in [-0.3, -0.25) is 0 Å². The number of aliphatic hydroxyl groups excluding tert-OH is 1. The molecule has 0 aliphatic rings. The van der Waals surface area contributed by atoms with E-state index in [1.807, 2.05) is 11.8 Å². The first-order chi connectivity index (χ1) is 5.72. The van der Waals surface area contributed by atoms with Crippen molar-refractivity contribution in [3.8, 4) is 0 Å². The van der Waals surface area contributed by atoms with Crippen LogP contribution in [0.5, 0.6) is 0 Å². The van der Waals surface area contributed by atoms with E-state index in [-0.39, 0.29) is 12.6 Å². The van der Waals surface area contributed by atoms with Gasteiger partial charge in [-0.1, -0.05) is 13.8 Å². The molecule has 0 aliphatic carbocycles. The molecule has 0 aliphatic heterocycles. The van der Waals surface area contributed by atoms with Crippen LogP contribution < -0.4 is 5.32 Å². The monoisotopic (exact) mass is 191 g/mol. The molecule has 3 heteroatoms. The van der Waals surface area contributed by atoms with Gasteiger partial charge in [-0.15, -0.1) is 0 Å². The molecule has 0 aromatic carbocycles. The fraction of sp³-hybridized carbons (Fsp3) is 1.00. The van der Waals surface area contributed by atoms with Gasteiger partial charge in [0.05, 0.1) is 6.61 Å². The van der Waals surface area contributed by atoms with E-state index < -0.39 is 0 Å². The minimum atomic E-state index is 0.247. The molecule has 0 spiro atoms. The zero-order chi connectivity index (χ0) is 9.40. The second-order valence-electron chi connectivity index (χ2n) is 3.33. The Bertz CT molecular complexity index is 98.5. The summed E-state index contributed by atoms with van der Waals surface area (Å²) in [6.45, 7) is 5.52. The summed E-state index contributed by atoms with van der Waals surface area (Å²) in [5, 5.41) is 12.3. The Hall–Kier alpha value is 0.270. The number of nitrogens with one attached hydrogen (secondary N) is 1. The van der Waals surface area contributed by atoms with Gasteiger partial charge in [0, 0.05) is 6.04 Å². The van der Waals surface area contributed by atoms with E-state index in [4.69, 9.17) is 5.11 Å². The van der Waals surface area contributed by atoms with Crippen molar-refractivity contribution in [3.63, 3.8) is 0 Å². The highest BCUT2D eigenvalue weighted by atomic mass is 32.2. The van der Waals surface area contributed by atoms with Crippen molar-refractivity contribution < 1.29 is 5.11 Å². The molecule has 1 unspecified atom stereocenters. The maximum atomic E-state index is 8.99. The van der Waals surface area contributed by atoms with Gasteiger partial charge in [-0.25, -0.2) is 0 Å². The largest absolute Gasteiger partial charge is 0.395 e. The average molecular weight is 191 g/mol. The van der Waals surface area contributed by atoms with Crippen molar-refractivity contribution in [1.82, 2.24) is 5.32 Å². The quantitative estimate of drug-likeness (QED) is 0.596. The number of hydrogen-bond donors (Lipinski definition) is 2. The van der Waals surface area contributed by atoms with Crippen LogP contribution >= 0.6 is 11.8 Å². The Balaban J connectivity index is 3.32. The standard InChI is InChI=1S/C9H21NOS/c1-8(2)9(7-11)10-5-4-6-12-3/h8-11H,4-7H2,1-3H3. The lowest BCUT2D eigenvalue weighted by atomic mass is 10.1. The molecule has 0 saturated heterocycles. The van der Waals surface area contributed by atoms with Gasteiger partial charge < -0.3 is 10.4 Å². The fourth-order valence-electron chi connectivity index (χ4n) is 1.02. The lowest BCUT2D eigenvalue weighted by molar-refractivity contribution is 0.211. The van der Waals surface area contributed by atoms with E-state index >= 15 is 0 Å². The molecule has 0 radical (unpaired) electrons. The SMILES string of the molecule is CSCCCNC(CO)C(C)C. The van der Waals surface area contributed by atoms with Crippen molar-refractivity contribution in [3.05, 3.63) is 0 Å². The van der Waals surface area contributed by atoms with Gasteiger partial charge in [-0.05, 0) is 30.9 Å². The Kier molecular flexibility index (Phi) is 8.07. The number of hydrogen-bond acceptors (Lipinski definition) is 3. The summed E-state index contributed by atoms with van der Waals surface area (Å²) in [4.78, 5) is 0. The second kappa shape index (κ2) is 7.90. The van der Waals surface area contributed by atoms with Crippen LogP contribution in [-0.2, 0) is 0 Å². The third kappa shape index (κ3) is 5.86. The third-order valence-electron chi connectivity index (χ3n) is 1.93. The Morgan fingerprint density at radius 1 is 1.42 bits per heavy atom. The van der Waals surface area contributed by atoms with Crippen LogP contribution in [0.3, 0.4) is 0 Å². The highest BCUT2D eigenvalue weighted by Crippen LogP contribution is 2.01. The smallest absolute Gasteiger partial charge is 0.0587 e. The molecule has 0 amide bonds. The molecule has 0 rings (SSSR count). The summed E-state index contributed by atoms with van der Waals surface area (Å²) >= 11 is 1.87. The first-order valence-corrected chi connectivity index (χ1v) is 5.95. The van der Waals surface area contributed by atoms with E-state index in [0.717, 1.165) is 6.54 Å². The van der Waals surface area contributed by atoms with E-state index in [9.17, 15) is 0 Å². The highest BCUT2D eigenvalue weighted by Gasteiger charge is 2.09. The lowest BCUT2D eigenvalue weighted by Crippen LogP contribution is -2.37. The predicted molar refractivity (Wildman–Crippen MR) is 56.7 cm³/mol. The molecule has 74 valence electrons. The van der Waals surface area contributed by atoms with Crippen LogP contribution in [0.2, 0.25) is 0 Å². The van der Waals surface area contributed by atoms with Gasteiger partial charge >= 0.3 is 0 Å². The first-order valence-electron chi connectivity index (χ1n) is 4.55. The van der Waals surface area contributed by atoms with Crippen LogP contribution in [0.15, 0.2) is 0 Å². The molecular formula is C9H21NOS. The maximum Gasteiger partial charge on any atom is 0.0587 e. The van der Waals surface area contributed by atoms with Gasteiger partial charge in [0.1, 0.15) is 0 Å². The first kappa shape index (κ1) is 12.3. The molecule has 2 N–H and O–H groups in total. The van der Waals surface area contributed by atoms with E-state index in [1.165, 1.54) is 12.2 Å². The van der Waals surface area contributed by atoms with Crippen molar-refractivity contribution in [2.75, 3.05) is 25.2 Å². The highest BCUT2D eigenvalue weighted by molar-refractivity contribution is 7.98. The van der Waals surface area contributed by atoms with Crippen molar-refractivity contribution in [2.24, 2.45) is 5.92 Å². The average Bonchev–Trinajstić information content (AvgIpc) is 2.04. The molecule has 0 fully saturated rings. The summed E-state index contributed by atoms with van der Waals surface area (Å²) in [6.07, 6.45) is 3.30. The van der Waals surface area contributed by atoms with Gasteiger partial charge in [0.2, 0.25) is 0 Å². The zero-order valence-electron chi connectivity index (χ0n) is 8.34. The van der Waals surface area contributed by atoms with Gasteiger partial charge in [0.25, 0.3) is 0 Å². The molecular weight excluding hydrogens is 170 g/mol. The molecule has 0 saturated carbocycles. The van der Waals surface area contributed by atoms with Crippen molar-refractivity contribution >= 4 is 11.8 Å². The number of rotatable bonds is 7. The molecule has 0 aromatic heterocycles. The van der Waals surface area contributed by atoms with Crippen LogP contribution in [0.4, 0.5) is 0 Å². The molecule has 12 heavy (non-hydrogen) atoms. The van der Waals surface area contributed by atoms with E-state index in [1.54, 1.807) is 0 Å². The van der Waals surface area contributed by atoms with Gasteiger partial charge in [-0.2, -0.15) is 11.8 Å². The van der Waals surface area contributed by atoms with Crippen molar-refractivity contribution in [1.29, 1.82) is 0 Å². The minimum Gasteiger partial charge on any atom is -0.395 e. The van der Waals surface area contributed by atoms with E-state index in [0.29, 0.717) is 5.92 Å². The Labute approximate surface area is 80.1 Å². The summed E-state index contributed by atoms with van der Waals surface area (Å²) < 4.78 is 0. The topological polar surface area (TPSA) is 32.3 Å². The second-order valence-corrected chi connectivity index (χ2v) is 4.32. The fourth-order valence-corrected chi connectivity index (χ4v) is 1.45. The molecule has 0 aromatic rings. The molecule has 0 bridgehead atoms. The molecule has 2 nitrogen and oxygen atoms in total. The van der Waals surface area contributed by atoms with Crippen molar-refractivity contribution in [2.45, 2.75) is 26.3 Å². The summed E-state index contributed by atoms with van der Waals surface area (Å²) in [6, 6.07) is 0.270. The van der Waals surface area contributed by atoms with Gasteiger partial charge in [0.15, 0.2) is 0 Å². The lowest BCUT2D eigenvalue weighted by Gasteiger charge is -2.19. The summed E-state index contributed by atoms with van der Waals surface area (Å²) in [5.74, 6) is 1.72. The predicted octanol–water partition coefficient (Wildman–Crippen LogP) is 1.35. The number of thioether (sulfide) groups is 1. The molecule has 0 heterocycles. The van der Waals surface area contributed by atoms with Crippen LogP contribution in [0.1, 0.15) is 20.3 Å². The van der Waals surface area contributed by atoms with Crippen LogP contribution in [0, 0.1) is 5.92 Å². The minimum absolute atomic E-state index is 0.247. The van der Waals surface area contributed by atoms with Crippen LogP contribution in [0.25, 0.3) is 0 Å². The normalized spacial score (nSPS) is 13.8.